The summed E-state index contributed by atoms with van der Waals surface area (Å²) in [6.07, 6.45) is 0.411. The molecule has 2 aromatic rings. The summed E-state index contributed by atoms with van der Waals surface area (Å²) >= 11 is 0. The summed E-state index contributed by atoms with van der Waals surface area (Å²) in [7, 11) is 3.17. The van der Waals surface area contributed by atoms with Crippen LogP contribution in [-0.4, -0.2) is 44.0 Å². The van der Waals surface area contributed by atoms with Gasteiger partial charge >= 0.3 is 0 Å². The third kappa shape index (κ3) is 6.29. The predicted molar refractivity (Wildman–Crippen MR) is 98.8 cm³/mol. The van der Waals surface area contributed by atoms with Gasteiger partial charge in [0.2, 0.25) is 0 Å². The Kier molecular flexibility index (Phi) is 6.86. The number of benzene rings is 2. The van der Waals surface area contributed by atoms with Gasteiger partial charge in [0.15, 0.2) is 6.61 Å². The van der Waals surface area contributed by atoms with Crippen LogP contribution in [0.5, 0.6) is 17.2 Å². The summed E-state index contributed by atoms with van der Waals surface area (Å²) in [5, 5.41) is 13.2. The number of hydrogen-bond donors (Lipinski definition) is 2. The number of aliphatic hydroxyl groups is 1. The Bertz CT molecular complexity index is 712. The van der Waals surface area contributed by atoms with Gasteiger partial charge in [0, 0.05) is 19.0 Å². The van der Waals surface area contributed by atoms with Crippen LogP contribution in [0.15, 0.2) is 48.5 Å². The maximum Gasteiger partial charge on any atom is 0.258 e. The first-order chi connectivity index (χ1) is 12.4. The van der Waals surface area contributed by atoms with E-state index in [1.807, 2.05) is 24.3 Å². The third-order valence-electron chi connectivity index (χ3n) is 3.82. The Balaban J connectivity index is 1.79. The average molecular weight is 359 g/mol. The van der Waals surface area contributed by atoms with E-state index in [1.54, 1.807) is 45.4 Å². The molecule has 140 valence electrons. The highest BCUT2D eigenvalue weighted by atomic mass is 16.5. The van der Waals surface area contributed by atoms with Gasteiger partial charge in [-0.2, -0.15) is 0 Å². The van der Waals surface area contributed by atoms with Gasteiger partial charge in [-0.25, -0.2) is 0 Å². The molecule has 2 aromatic carbocycles. The zero-order chi connectivity index (χ0) is 19.0. The predicted octanol–water partition coefficient (Wildman–Crippen LogP) is 2.19. The zero-order valence-corrected chi connectivity index (χ0v) is 15.3. The Morgan fingerprint density at radius 3 is 2.35 bits per heavy atom. The lowest BCUT2D eigenvalue weighted by Crippen LogP contribution is -2.43. The second kappa shape index (κ2) is 9.10. The van der Waals surface area contributed by atoms with Crippen molar-refractivity contribution in [2.24, 2.45) is 0 Å². The van der Waals surface area contributed by atoms with Crippen LogP contribution in [0, 0.1) is 0 Å². The standard InChI is InChI=1S/C20H25NO5/c1-20(23,12-15-7-9-16(24-2)10-8-15)14-21-19(22)13-26-18-6-4-5-17(11-18)25-3/h4-11,23H,12-14H2,1-3H3,(H,21,22). The quantitative estimate of drug-likeness (QED) is 0.718. The highest BCUT2D eigenvalue weighted by Crippen LogP contribution is 2.19. The van der Waals surface area contributed by atoms with Gasteiger partial charge in [-0.05, 0) is 36.8 Å². The molecule has 6 heteroatoms. The largest absolute Gasteiger partial charge is 0.497 e. The molecule has 6 nitrogen and oxygen atoms in total. The summed E-state index contributed by atoms with van der Waals surface area (Å²) in [4.78, 5) is 12.0. The fraction of sp³-hybridized carbons (Fsp3) is 0.350. The molecule has 1 atom stereocenters. The Morgan fingerprint density at radius 2 is 1.69 bits per heavy atom. The lowest BCUT2D eigenvalue weighted by molar-refractivity contribution is -0.124. The van der Waals surface area contributed by atoms with E-state index in [1.165, 1.54) is 0 Å². The molecule has 26 heavy (non-hydrogen) atoms. The van der Waals surface area contributed by atoms with Crippen molar-refractivity contribution in [3.05, 3.63) is 54.1 Å². The van der Waals surface area contributed by atoms with Crippen LogP contribution in [0.1, 0.15) is 12.5 Å². The molecular weight excluding hydrogens is 334 g/mol. The molecule has 0 radical (unpaired) electrons. The van der Waals surface area contributed by atoms with Crippen LogP contribution in [0.3, 0.4) is 0 Å². The van der Waals surface area contributed by atoms with Gasteiger partial charge in [-0.15, -0.1) is 0 Å². The van der Waals surface area contributed by atoms with Crippen molar-refractivity contribution in [2.75, 3.05) is 27.4 Å². The number of carbonyl (C=O) groups excluding carboxylic acids is 1. The fourth-order valence-electron chi connectivity index (χ4n) is 2.43. The second-order valence-electron chi connectivity index (χ2n) is 6.27. The molecule has 0 heterocycles. The molecule has 0 saturated carbocycles. The number of amides is 1. The highest BCUT2D eigenvalue weighted by Gasteiger charge is 2.22. The molecule has 0 bridgehead atoms. The number of carbonyl (C=O) groups is 1. The van der Waals surface area contributed by atoms with Crippen molar-refractivity contribution >= 4 is 5.91 Å². The van der Waals surface area contributed by atoms with Crippen LogP contribution in [-0.2, 0) is 11.2 Å². The summed E-state index contributed by atoms with van der Waals surface area (Å²) in [5.41, 5.74) is -0.113. The smallest absolute Gasteiger partial charge is 0.258 e. The van der Waals surface area contributed by atoms with E-state index < -0.39 is 5.60 Å². The first-order valence-electron chi connectivity index (χ1n) is 8.31. The van der Waals surface area contributed by atoms with Crippen LogP contribution in [0.4, 0.5) is 0 Å². The molecule has 0 aliphatic heterocycles. The van der Waals surface area contributed by atoms with Crippen molar-refractivity contribution in [2.45, 2.75) is 18.9 Å². The monoisotopic (exact) mass is 359 g/mol. The fourth-order valence-corrected chi connectivity index (χ4v) is 2.43. The van der Waals surface area contributed by atoms with Crippen LogP contribution < -0.4 is 19.5 Å². The molecule has 0 fully saturated rings. The van der Waals surface area contributed by atoms with E-state index >= 15 is 0 Å². The maximum absolute atomic E-state index is 12.0. The molecule has 1 amide bonds. The maximum atomic E-state index is 12.0. The molecular formula is C20H25NO5. The topological polar surface area (TPSA) is 77.0 Å². The Labute approximate surface area is 153 Å². The molecule has 0 spiro atoms. The van der Waals surface area contributed by atoms with E-state index in [-0.39, 0.29) is 19.1 Å². The van der Waals surface area contributed by atoms with Gasteiger partial charge in [0.25, 0.3) is 5.91 Å². The van der Waals surface area contributed by atoms with E-state index in [0.29, 0.717) is 17.9 Å². The normalized spacial score (nSPS) is 12.8. The molecule has 0 aliphatic carbocycles. The SMILES string of the molecule is COc1ccc(CC(C)(O)CNC(=O)COc2cccc(OC)c2)cc1. The van der Waals surface area contributed by atoms with Gasteiger partial charge in [-0.1, -0.05) is 18.2 Å². The van der Waals surface area contributed by atoms with Crippen LogP contribution >= 0.6 is 0 Å². The van der Waals surface area contributed by atoms with Crippen LogP contribution in [0.25, 0.3) is 0 Å². The first kappa shape index (κ1) is 19.6. The first-order valence-corrected chi connectivity index (χ1v) is 8.31. The number of nitrogens with one attached hydrogen (secondary N) is 1. The minimum atomic E-state index is -1.07. The van der Waals surface area contributed by atoms with E-state index in [9.17, 15) is 9.90 Å². The van der Waals surface area contributed by atoms with Gasteiger partial charge in [0.1, 0.15) is 17.2 Å². The minimum Gasteiger partial charge on any atom is -0.497 e. The Hall–Kier alpha value is -2.73. The molecule has 0 aliphatic rings. The number of rotatable bonds is 9. The number of methoxy groups -OCH3 is 2. The molecule has 2 rings (SSSR count). The van der Waals surface area contributed by atoms with Crippen molar-refractivity contribution in [3.8, 4) is 17.2 Å². The van der Waals surface area contributed by atoms with Crippen molar-refractivity contribution in [1.82, 2.24) is 5.32 Å². The van der Waals surface area contributed by atoms with Crippen molar-refractivity contribution in [1.29, 1.82) is 0 Å². The summed E-state index contributed by atoms with van der Waals surface area (Å²) in [6.45, 7) is 1.67. The molecule has 1 unspecified atom stereocenters. The van der Waals surface area contributed by atoms with Gasteiger partial charge in [0.05, 0.1) is 19.8 Å². The van der Waals surface area contributed by atoms with Crippen LogP contribution in [0.2, 0.25) is 0 Å². The van der Waals surface area contributed by atoms with Crippen molar-refractivity contribution in [3.63, 3.8) is 0 Å². The third-order valence-corrected chi connectivity index (χ3v) is 3.82. The van der Waals surface area contributed by atoms with Gasteiger partial charge in [-0.3, -0.25) is 4.79 Å². The Morgan fingerprint density at radius 1 is 1.04 bits per heavy atom. The minimum absolute atomic E-state index is 0.124. The lowest BCUT2D eigenvalue weighted by Gasteiger charge is -2.24. The molecule has 2 N–H and O–H groups in total. The summed E-state index contributed by atoms with van der Waals surface area (Å²) in [6, 6.07) is 14.5. The van der Waals surface area contributed by atoms with Gasteiger partial charge < -0.3 is 24.6 Å². The summed E-state index contributed by atoms with van der Waals surface area (Å²) < 4.78 is 15.7. The number of ether oxygens (including phenoxy) is 3. The lowest BCUT2D eigenvalue weighted by atomic mass is 9.96. The molecule has 0 saturated heterocycles. The van der Waals surface area contributed by atoms with Crippen molar-refractivity contribution < 1.29 is 24.1 Å². The zero-order valence-electron chi connectivity index (χ0n) is 15.3. The highest BCUT2D eigenvalue weighted by molar-refractivity contribution is 5.77. The number of hydrogen-bond acceptors (Lipinski definition) is 5. The van der Waals surface area contributed by atoms with E-state index in [0.717, 1.165) is 11.3 Å². The molecule has 0 aromatic heterocycles. The van der Waals surface area contributed by atoms with E-state index in [2.05, 4.69) is 5.32 Å². The van der Waals surface area contributed by atoms with E-state index in [4.69, 9.17) is 14.2 Å². The second-order valence-corrected chi connectivity index (χ2v) is 6.27. The average Bonchev–Trinajstić information content (AvgIpc) is 2.65. The summed E-state index contributed by atoms with van der Waals surface area (Å²) in [5.74, 6) is 1.66.